The molecule has 2 saturated heterocycles. The van der Waals surface area contributed by atoms with Crippen LogP contribution in [0.4, 0.5) is 15.8 Å². The number of piperidine rings is 1. The van der Waals surface area contributed by atoms with Gasteiger partial charge in [0.15, 0.2) is 0 Å². The number of hydrogen-bond acceptors (Lipinski definition) is 4. The third-order valence-electron chi connectivity index (χ3n) is 8.27. The molecule has 216 valence electrons. The summed E-state index contributed by atoms with van der Waals surface area (Å²) >= 11 is 0. The molecule has 41 heavy (non-hydrogen) atoms. The fourth-order valence-corrected chi connectivity index (χ4v) is 5.96. The normalized spacial score (nSPS) is 19.6. The van der Waals surface area contributed by atoms with Gasteiger partial charge in [0.05, 0.1) is 30.7 Å². The Balaban J connectivity index is 1.49. The predicted molar refractivity (Wildman–Crippen MR) is 161 cm³/mol. The number of nitrogens with zero attached hydrogens (tertiary/aromatic N) is 2. The number of halogens is 1. The molecule has 5 rings (SSSR count). The summed E-state index contributed by atoms with van der Waals surface area (Å²) in [5, 5.41) is 3.14. The Morgan fingerprint density at radius 2 is 1.66 bits per heavy atom. The molecule has 1 N–H and O–H groups in total. The van der Waals surface area contributed by atoms with Crippen molar-refractivity contribution in [3.05, 3.63) is 94.8 Å². The maximum absolute atomic E-state index is 15.0. The van der Waals surface area contributed by atoms with E-state index in [1.54, 1.807) is 24.0 Å². The summed E-state index contributed by atoms with van der Waals surface area (Å²) in [6.45, 7) is 11.6. The molecule has 2 fully saturated rings. The van der Waals surface area contributed by atoms with Gasteiger partial charge in [-0.2, -0.15) is 0 Å². The van der Waals surface area contributed by atoms with Crippen molar-refractivity contribution >= 4 is 23.2 Å². The summed E-state index contributed by atoms with van der Waals surface area (Å²) < 4.78 is 20.5. The van der Waals surface area contributed by atoms with Crippen molar-refractivity contribution in [2.75, 3.05) is 43.1 Å². The van der Waals surface area contributed by atoms with Gasteiger partial charge in [0, 0.05) is 31.0 Å². The Hall–Kier alpha value is -3.71. The maximum Gasteiger partial charge on any atom is 0.257 e. The van der Waals surface area contributed by atoms with Gasteiger partial charge < -0.3 is 19.9 Å². The molecule has 0 radical (unpaired) electrons. The predicted octanol–water partition coefficient (Wildman–Crippen LogP) is 6.50. The number of likely N-dealkylation sites (tertiary alicyclic amines) is 1. The van der Waals surface area contributed by atoms with Crippen molar-refractivity contribution < 1.29 is 18.7 Å². The van der Waals surface area contributed by atoms with Crippen LogP contribution in [0.1, 0.15) is 66.7 Å². The van der Waals surface area contributed by atoms with Crippen LogP contribution in [0.5, 0.6) is 0 Å². The van der Waals surface area contributed by atoms with E-state index in [-0.39, 0.29) is 22.8 Å². The van der Waals surface area contributed by atoms with Gasteiger partial charge in [0.2, 0.25) is 5.91 Å². The fourth-order valence-electron chi connectivity index (χ4n) is 5.96. The molecule has 0 bridgehead atoms. The molecule has 7 heteroatoms. The SMILES string of the molecule is Cc1cccc(F)c1C(=O)N1CCC[C@H](C(=O)Nc2cccc(C(C)(C)C)c2)C1c1ccc(N2CCOCC2)cc1. The van der Waals surface area contributed by atoms with Gasteiger partial charge in [0.25, 0.3) is 5.91 Å². The first-order valence-electron chi connectivity index (χ1n) is 14.5. The second-order valence-corrected chi connectivity index (χ2v) is 12.1. The van der Waals surface area contributed by atoms with Crippen LogP contribution in [0.15, 0.2) is 66.7 Å². The zero-order valence-corrected chi connectivity index (χ0v) is 24.5. The van der Waals surface area contributed by atoms with E-state index in [4.69, 9.17) is 4.74 Å². The third kappa shape index (κ3) is 6.30. The lowest BCUT2D eigenvalue weighted by molar-refractivity contribution is -0.123. The van der Waals surface area contributed by atoms with E-state index in [1.807, 2.05) is 42.5 Å². The van der Waals surface area contributed by atoms with Crippen molar-refractivity contribution in [3.63, 3.8) is 0 Å². The number of anilines is 2. The molecule has 2 amide bonds. The molecule has 0 saturated carbocycles. The monoisotopic (exact) mass is 557 g/mol. The van der Waals surface area contributed by atoms with E-state index >= 15 is 0 Å². The topological polar surface area (TPSA) is 61.9 Å². The van der Waals surface area contributed by atoms with Gasteiger partial charge in [-0.05, 0) is 72.2 Å². The van der Waals surface area contributed by atoms with Crippen molar-refractivity contribution in [3.8, 4) is 0 Å². The molecule has 0 spiro atoms. The second kappa shape index (κ2) is 12.0. The molecule has 3 aromatic carbocycles. The van der Waals surface area contributed by atoms with Crippen molar-refractivity contribution in [1.82, 2.24) is 4.90 Å². The first-order chi connectivity index (χ1) is 19.6. The lowest BCUT2D eigenvalue weighted by Crippen LogP contribution is -2.46. The van der Waals surface area contributed by atoms with Gasteiger partial charge in [-0.25, -0.2) is 4.39 Å². The zero-order chi connectivity index (χ0) is 29.1. The van der Waals surface area contributed by atoms with Gasteiger partial charge >= 0.3 is 0 Å². The quantitative estimate of drug-likeness (QED) is 0.389. The summed E-state index contributed by atoms with van der Waals surface area (Å²) in [4.78, 5) is 31.8. The minimum absolute atomic E-state index is 0.0584. The van der Waals surface area contributed by atoms with Crippen molar-refractivity contribution in [2.45, 2.75) is 52.0 Å². The summed E-state index contributed by atoms with van der Waals surface area (Å²) in [6, 6.07) is 20.2. The van der Waals surface area contributed by atoms with E-state index in [1.165, 1.54) is 6.07 Å². The average Bonchev–Trinajstić information content (AvgIpc) is 2.97. The van der Waals surface area contributed by atoms with Crippen LogP contribution >= 0.6 is 0 Å². The molecule has 2 atom stereocenters. The third-order valence-corrected chi connectivity index (χ3v) is 8.27. The van der Waals surface area contributed by atoms with E-state index in [0.29, 0.717) is 38.2 Å². The van der Waals surface area contributed by atoms with Crippen LogP contribution in [0, 0.1) is 18.7 Å². The van der Waals surface area contributed by atoms with Crippen LogP contribution in [-0.4, -0.2) is 49.6 Å². The number of nitrogens with one attached hydrogen (secondary N) is 1. The van der Waals surface area contributed by atoms with Gasteiger partial charge in [-0.1, -0.05) is 57.2 Å². The van der Waals surface area contributed by atoms with Crippen LogP contribution in [0.25, 0.3) is 0 Å². The number of hydrogen-bond donors (Lipinski definition) is 1. The minimum Gasteiger partial charge on any atom is -0.378 e. The lowest BCUT2D eigenvalue weighted by Gasteiger charge is -2.41. The van der Waals surface area contributed by atoms with Crippen LogP contribution in [-0.2, 0) is 14.9 Å². The smallest absolute Gasteiger partial charge is 0.257 e. The Morgan fingerprint density at radius 3 is 2.34 bits per heavy atom. The highest BCUT2D eigenvalue weighted by molar-refractivity contribution is 5.98. The molecule has 2 aliphatic heterocycles. The van der Waals surface area contributed by atoms with Crippen molar-refractivity contribution in [2.24, 2.45) is 5.92 Å². The Bertz CT molecular complexity index is 1370. The minimum atomic E-state index is -0.540. The molecule has 1 unspecified atom stereocenters. The molecule has 2 heterocycles. The number of aryl methyl sites for hydroxylation is 1. The number of carbonyl (C=O) groups excluding carboxylic acids is 2. The maximum atomic E-state index is 15.0. The summed E-state index contributed by atoms with van der Waals surface area (Å²) in [5.41, 5.74) is 4.40. The van der Waals surface area contributed by atoms with Crippen molar-refractivity contribution in [1.29, 1.82) is 0 Å². The average molecular weight is 558 g/mol. The van der Waals surface area contributed by atoms with E-state index in [2.05, 4.69) is 37.1 Å². The van der Waals surface area contributed by atoms with E-state index < -0.39 is 17.8 Å². The molecular weight excluding hydrogens is 517 g/mol. The largest absolute Gasteiger partial charge is 0.378 e. The number of ether oxygens (including phenoxy) is 1. The summed E-state index contributed by atoms with van der Waals surface area (Å²) in [7, 11) is 0. The number of benzene rings is 3. The van der Waals surface area contributed by atoms with Crippen LogP contribution < -0.4 is 10.2 Å². The fraction of sp³-hybridized carbons (Fsp3) is 0.412. The number of morpholine rings is 1. The zero-order valence-electron chi connectivity index (χ0n) is 24.5. The highest BCUT2D eigenvalue weighted by Gasteiger charge is 2.40. The standard InChI is InChI=1S/C34H40FN3O3/c1-23-8-5-12-29(35)30(23)33(40)38-17-7-11-28(32(39)36-26-10-6-9-25(22-26)34(2,3)4)31(38)24-13-15-27(16-14-24)37-18-20-41-21-19-37/h5-6,8-10,12-16,22,28,31H,7,11,17-21H2,1-4H3,(H,36,39)/t28-,31?/m0/s1. The molecule has 3 aromatic rings. The highest BCUT2D eigenvalue weighted by atomic mass is 19.1. The van der Waals surface area contributed by atoms with Gasteiger partial charge in [0.1, 0.15) is 5.82 Å². The Kier molecular flexibility index (Phi) is 8.45. The summed E-state index contributed by atoms with van der Waals surface area (Å²) in [5.74, 6) is -1.55. The summed E-state index contributed by atoms with van der Waals surface area (Å²) in [6.07, 6.45) is 1.28. The van der Waals surface area contributed by atoms with Gasteiger partial charge in [-0.3, -0.25) is 9.59 Å². The highest BCUT2D eigenvalue weighted by Crippen LogP contribution is 2.39. The first kappa shape index (κ1) is 28.8. The van der Waals surface area contributed by atoms with Crippen LogP contribution in [0.2, 0.25) is 0 Å². The Morgan fingerprint density at radius 1 is 0.951 bits per heavy atom. The molecule has 2 aliphatic rings. The molecule has 0 aliphatic carbocycles. The second-order valence-electron chi connectivity index (χ2n) is 12.1. The molecule has 6 nitrogen and oxygen atoms in total. The number of carbonyl (C=O) groups is 2. The first-order valence-corrected chi connectivity index (χ1v) is 14.5. The molecule has 0 aromatic heterocycles. The Labute approximate surface area is 242 Å². The molecular formula is C34H40FN3O3. The number of amides is 2. The van der Waals surface area contributed by atoms with Crippen LogP contribution in [0.3, 0.4) is 0 Å². The van der Waals surface area contributed by atoms with Gasteiger partial charge in [-0.15, -0.1) is 0 Å². The van der Waals surface area contributed by atoms with E-state index in [9.17, 15) is 14.0 Å². The number of rotatable bonds is 5. The van der Waals surface area contributed by atoms with E-state index in [0.717, 1.165) is 35.6 Å². The lowest BCUT2D eigenvalue weighted by atomic mass is 9.83.